The Morgan fingerprint density at radius 3 is 2.46 bits per heavy atom. The SMILES string of the molecule is CCOC(=O)C1=NN[C@H]2C(=O)N(c3ccc(C(C)=O)cc3)C(=O)[C@H]12. The Balaban J connectivity index is 1.89. The van der Waals surface area contributed by atoms with Gasteiger partial charge in [-0.2, -0.15) is 5.10 Å². The number of hydrogen-bond acceptors (Lipinski definition) is 7. The number of hydrogen-bond donors (Lipinski definition) is 1. The number of nitrogens with one attached hydrogen (secondary N) is 1. The third-order valence-corrected chi connectivity index (χ3v) is 3.94. The smallest absolute Gasteiger partial charge is 0.355 e. The molecule has 8 nitrogen and oxygen atoms in total. The molecule has 0 spiro atoms. The largest absolute Gasteiger partial charge is 0.461 e. The molecule has 0 aliphatic carbocycles. The first-order chi connectivity index (χ1) is 11.5. The second kappa shape index (κ2) is 5.88. The molecule has 24 heavy (non-hydrogen) atoms. The van der Waals surface area contributed by atoms with Crippen LogP contribution in [0, 0.1) is 5.92 Å². The minimum absolute atomic E-state index is 0.0944. The molecule has 1 saturated heterocycles. The van der Waals surface area contributed by atoms with E-state index >= 15 is 0 Å². The maximum atomic E-state index is 12.6. The Morgan fingerprint density at radius 1 is 1.21 bits per heavy atom. The number of ether oxygens (including phenoxy) is 1. The number of amides is 2. The van der Waals surface area contributed by atoms with Crippen molar-refractivity contribution in [3.8, 4) is 0 Å². The van der Waals surface area contributed by atoms with Crippen LogP contribution >= 0.6 is 0 Å². The molecule has 0 radical (unpaired) electrons. The average molecular weight is 329 g/mol. The molecule has 0 unspecified atom stereocenters. The summed E-state index contributed by atoms with van der Waals surface area (Å²) in [5.74, 6) is -2.87. The predicted octanol–water partition coefficient (Wildman–Crippen LogP) is 0.269. The molecule has 0 aromatic heterocycles. The first-order valence-corrected chi connectivity index (χ1v) is 7.44. The molecule has 1 aromatic rings. The molecule has 124 valence electrons. The quantitative estimate of drug-likeness (QED) is 0.483. The van der Waals surface area contributed by atoms with Gasteiger partial charge in [-0.05, 0) is 38.1 Å². The van der Waals surface area contributed by atoms with Crippen molar-refractivity contribution in [1.29, 1.82) is 0 Å². The lowest BCUT2D eigenvalue weighted by atomic mass is 9.99. The number of ketones is 1. The van der Waals surface area contributed by atoms with Crippen LogP contribution in [0.3, 0.4) is 0 Å². The van der Waals surface area contributed by atoms with Crippen LogP contribution in [0.25, 0.3) is 0 Å². The number of carbonyl (C=O) groups excluding carboxylic acids is 4. The van der Waals surface area contributed by atoms with E-state index in [4.69, 9.17) is 4.74 Å². The summed E-state index contributed by atoms with van der Waals surface area (Å²) in [6.07, 6.45) is 0. The summed E-state index contributed by atoms with van der Waals surface area (Å²) >= 11 is 0. The summed E-state index contributed by atoms with van der Waals surface area (Å²) in [4.78, 5) is 49.3. The van der Waals surface area contributed by atoms with E-state index in [1.807, 2.05) is 0 Å². The number of hydrazone groups is 1. The predicted molar refractivity (Wildman–Crippen MR) is 83.4 cm³/mol. The van der Waals surface area contributed by atoms with Crippen LogP contribution in [0.15, 0.2) is 29.4 Å². The Kier molecular flexibility index (Phi) is 3.88. The molecule has 2 aliphatic heterocycles. The third-order valence-electron chi connectivity index (χ3n) is 3.94. The van der Waals surface area contributed by atoms with Crippen molar-refractivity contribution in [2.45, 2.75) is 19.9 Å². The molecule has 1 fully saturated rings. The maximum Gasteiger partial charge on any atom is 0.355 e. The van der Waals surface area contributed by atoms with Gasteiger partial charge < -0.3 is 4.74 Å². The van der Waals surface area contributed by atoms with Gasteiger partial charge in [0.05, 0.1) is 12.3 Å². The molecule has 2 amide bonds. The Labute approximate surface area is 137 Å². The zero-order valence-corrected chi connectivity index (χ0v) is 13.1. The number of anilines is 1. The number of imide groups is 1. The number of nitrogens with zero attached hydrogens (tertiary/aromatic N) is 2. The van der Waals surface area contributed by atoms with Crippen molar-refractivity contribution < 1.29 is 23.9 Å². The highest BCUT2D eigenvalue weighted by Crippen LogP contribution is 2.31. The van der Waals surface area contributed by atoms with Crippen molar-refractivity contribution in [1.82, 2.24) is 5.43 Å². The molecule has 2 heterocycles. The van der Waals surface area contributed by atoms with Crippen molar-refractivity contribution in [3.05, 3.63) is 29.8 Å². The van der Waals surface area contributed by atoms with Gasteiger partial charge in [-0.25, -0.2) is 9.69 Å². The van der Waals surface area contributed by atoms with E-state index in [2.05, 4.69) is 10.5 Å². The summed E-state index contributed by atoms with van der Waals surface area (Å²) in [6, 6.07) is 5.22. The average Bonchev–Trinajstić information content (AvgIpc) is 3.09. The topological polar surface area (TPSA) is 105 Å². The highest BCUT2D eigenvalue weighted by Gasteiger charge is 2.55. The van der Waals surface area contributed by atoms with Gasteiger partial charge in [-0.1, -0.05) is 0 Å². The van der Waals surface area contributed by atoms with Crippen LogP contribution in [0.5, 0.6) is 0 Å². The van der Waals surface area contributed by atoms with Crippen LogP contribution in [0.2, 0.25) is 0 Å². The van der Waals surface area contributed by atoms with Gasteiger partial charge in [0, 0.05) is 5.56 Å². The van der Waals surface area contributed by atoms with Gasteiger partial charge in [0.2, 0.25) is 5.91 Å². The number of carbonyl (C=O) groups is 4. The zero-order valence-electron chi connectivity index (χ0n) is 13.1. The number of Topliss-reactive ketones (excluding diaryl/α,β-unsaturated/α-hetero) is 1. The third kappa shape index (κ3) is 2.36. The standard InChI is InChI=1S/C16H15N3O5/c1-3-24-16(23)13-11-12(17-18-13)15(22)19(14(11)21)10-6-4-9(5-7-10)8(2)20/h4-7,11-12,17H,3H2,1-2H3/t11-,12+/m0/s1. The zero-order chi connectivity index (χ0) is 17.4. The second-order valence-corrected chi connectivity index (χ2v) is 5.42. The molecule has 0 saturated carbocycles. The first-order valence-electron chi connectivity index (χ1n) is 7.44. The van der Waals surface area contributed by atoms with E-state index in [1.54, 1.807) is 19.1 Å². The monoisotopic (exact) mass is 329 g/mol. The van der Waals surface area contributed by atoms with Gasteiger partial charge in [0.15, 0.2) is 11.5 Å². The summed E-state index contributed by atoms with van der Waals surface area (Å²) in [6.45, 7) is 3.22. The van der Waals surface area contributed by atoms with Gasteiger partial charge in [-0.3, -0.25) is 19.8 Å². The molecule has 1 aromatic carbocycles. The van der Waals surface area contributed by atoms with E-state index in [-0.39, 0.29) is 18.1 Å². The van der Waals surface area contributed by atoms with Gasteiger partial charge in [0.25, 0.3) is 5.91 Å². The molecule has 0 bridgehead atoms. The Hall–Kier alpha value is -3.03. The van der Waals surface area contributed by atoms with Gasteiger partial charge >= 0.3 is 5.97 Å². The summed E-state index contributed by atoms with van der Waals surface area (Å²) in [5.41, 5.74) is 3.26. The van der Waals surface area contributed by atoms with E-state index in [0.717, 1.165) is 4.90 Å². The molecule has 3 rings (SSSR count). The minimum Gasteiger partial charge on any atom is -0.461 e. The van der Waals surface area contributed by atoms with Crippen LogP contribution in [0.4, 0.5) is 5.69 Å². The second-order valence-electron chi connectivity index (χ2n) is 5.42. The number of esters is 1. The lowest BCUT2D eigenvalue weighted by molar-refractivity contribution is -0.136. The molecule has 1 N–H and O–H groups in total. The van der Waals surface area contributed by atoms with Crippen molar-refractivity contribution >= 4 is 35.0 Å². The number of rotatable bonds is 4. The molecular formula is C16H15N3O5. The van der Waals surface area contributed by atoms with Crippen LogP contribution < -0.4 is 10.3 Å². The van der Waals surface area contributed by atoms with E-state index in [0.29, 0.717) is 11.3 Å². The fourth-order valence-electron chi connectivity index (χ4n) is 2.76. The minimum atomic E-state index is -0.996. The highest BCUT2D eigenvalue weighted by molar-refractivity contribution is 6.46. The molecular weight excluding hydrogens is 314 g/mol. The molecule has 2 atom stereocenters. The lowest BCUT2D eigenvalue weighted by Gasteiger charge is -2.15. The van der Waals surface area contributed by atoms with Crippen molar-refractivity contribution in [2.75, 3.05) is 11.5 Å². The molecule has 8 heteroatoms. The van der Waals surface area contributed by atoms with E-state index < -0.39 is 29.7 Å². The van der Waals surface area contributed by atoms with Gasteiger partial charge in [0.1, 0.15) is 12.0 Å². The summed E-state index contributed by atoms with van der Waals surface area (Å²) in [5, 5.41) is 3.78. The first kappa shape index (κ1) is 15.9. The highest BCUT2D eigenvalue weighted by atomic mass is 16.5. The number of fused-ring (bicyclic) bond motifs is 1. The molecule has 2 aliphatic rings. The van der Waals surface area contributed by atoms with Crippen LogP contribution in [-0.2, 0) is 19.1 Å². The van der Waals surface area contributed by atoms with Crippen LogP contribution in [-0.4, -0.2) is 41.9 Å². The lowest BCUT2D eigenvalue weighted by Crippen LogP contribution is -2.36. The Morgan fingerprint density at radius 2 is 1.88 bits per heavy atom. The summed E-state index contributed by atoms with van der Waals surface area (Å²) in [7, 11) is 0. The fraction of sp³-hybridized carbons (Fsp3) is 0.312. The van der Waals surface area contributed by atoms with Gasteiger partial charge in [-0.15, -0.1) is 0 Å². The van der Waals surface area contributed by atoms with Crippen LogP contribution in [0.1, 0.15) is 24.2 Å². The summed E-state index contributed by atoms with van der Waals surface area (Å²) < 4.78 is 4.87. The van der Waals surface area contributed by atoms with E-state index in [1.165, 1.54) is 19.1 Å². The maximum absolute atomic E-state index is 12.6. The van der Waals surface area contributed by atoms with Crippen molar-refractivity contribution in [2.24, 2.45) is 11.0 Å². The normalized spacial score (nSPS) is 22.1. The van der Waals surface area contributed by atoms with Crippen molar-refractivity contribution in [3.63, 3.8) is 0 Å². The number of benzene rings is 1. The Bertz CT molecular complexity index is 768. The van der Waals surface area contributed by atoms with E-state index in [9.17, 15) is 19.2 Å². The fourth-order valence-corrected chi connectivity index (χ4v) is 2.76.